The van der Waals surface area contributed by atoms with Gasteiger partial charge >= 0.3 is 0 Å². The summed E-state index contributed by atoms with van der Waals surface area (Å²) >= 11 is 1.30. The maximum absolute atomic E-state index is 13.7. The van der Waals surface area contributed by atoms with Crippen LogP contribution in [-0.2, 0) is 9.59 Å². The van der Waals surface area contributed by atoms with Crippen molar-refractivity contribution in [2.24, 2.45) is 0 Å². The van der Waals surface area contributed by atoms with E-state index in [-0.39, 0.29) is 24.1 Å². The van der Waals surface area contributed by atoms with Crippen LogP contribution in [0.1, 0.15) is 39.0 Å². The van der Waals surface area contributed by atoms with E-state index in [4.69, 9.17) is 0 Å². The zero-order valence-corrected chi connectivity index (χ0v) is 18.7. The van der Waals surface area contributed by atoms with E-state index in [0.717, 1.165) is 30.9 Å². The van der Waals surface area contributed by atoms with Crippen molar-refractivity contribution in [3.63, 3.8) is 0 Å². The minimum atomic E-state index is -0.591. The third kappa shape index (κ3) is 6.99. The summed E-state index contributed by atoms with van der Waals surface area (Å²) in [5.74, 6) is -0.253. The lowest BCUT2D eigenvalue weighted by Gasteiger charge is -2.20. The van der Waals surface area contributed by atoms with Crippen LogP contribution < -0.4 is 15.5 Å². The number of nitrogens with one attached hydrogen (secondary N) is 2. The van der Waals surface area contributed by atoms with Gasteiger partial charge in [0.15, 0.2) is 0 Å². The van der Waals surface area contributed by atoms with Gasteiger partial charge < -0.3 is 15.5 Å². The van der Waals surface area contributed by atoms with Crippen molar-refractivity contribution in [3.05, 3.63) is 54.3 Å². The van der Waals surface area contributed by atoms with Crippen molar-refractivity contribution in [1.82, 2.24) is 5.32 Å². The average molecular weight is 444 g/mol. The summed E-state index contributed by atoms with van der Waals surface area (Å²) in [5.41, 5.74) is 1.84. The molecule has 7 heteroatoms. The van der Waals surface area contributed by atoms with E-state index in [1.165, 1.54) is 30.7 Å². The number of thioether (sulfide) groups is 1. The molecule has 1 atom stereocenters. The molecule has 0 aromatic heterocycles. The van der Waals surface area contributed by atoms with Gasteiger partial charge in [0.05, 0.1) is 0 Å². The Bertz CT molecular complexity index is 887. The molecule has 0 radical (unpaired) electrons. The maximum atomic E-state index is 13.7. The number of benzene rings is 2. The lowest BCUT2D eigenvalue weighted by Crippen LogP contribution is -2.43. The predicted octanol–water partition coefficient (Wildman–Crippen LogP) is 4.83. The number of anilines is 2. The number of rotatable bonds is 10. The van der Waals surface area contributed by atoms with E-state index in [9.17, 15) is 14.0 Å². The zero-order chi connectivity index (χ0) is 22.1. The number of hydrogen-bond donors (Lipinski definition) is 2. The summed E-state index contributed by atoms with van der Waals surface area (Å²) < 4.78 is 13.7. The molecular formula is C24H30FN3O2S. The Morgan fingerprint density at radius 2 is 1.90 bits per heavy atom. The van der Waals surface area contributed by atoms with Gasteiger partial charge in [-0.05, 0) is 49.6 Å². The first-order chi connectivity index (χ1) is 15.1. The highest BCUT2D eigenvalue weighted by Crippen LogP contribution is 2.24. The predicted molar refractivity (Wildman–Crippen MR) is 125 cm³/mol. The molecule has 2 aromatic rings. The number of amides is 2. The van der Waals surface area contributed by atoms with Crippen LogP contribution in [0.4, 0.5) is 15.8 Å². The van der Waals surface area contributed by atoms with Gasteiger partial charge in [0, 0.05) is 41.5 Å². The quantitative estimate of drug-likeness (QED) is 0.516. The molecule has 1 fully saturated rings. The first kappa shape index (κ1) is 23.1. The normalized spacial score (nSPS) is 14.3. The molecule has 166 valence electrons. The zero-order valence-electron chi connectivity index (χ0n) is 17.9. The van der Waals surface area contributed by atoms with Crippen molar-refractivity contribution < 1.29 is 14.0 Å². The summed E-state index contributed by atoms with van der Waals surface area (Å²) in [5, 5.41) is 5.79. The third-order valence-corrected chi connectivity index (χ3v) is 6.29. The molecule has 1 unspecified atom stereocenters. The number of carbonyl (C=O) groups is 2. The second kappa shape index (κ2) is 11.7. The van der Waals surface area contributed by atoms with Gasteiger partial charge in [0.1, 0.15) is 11.9 Å². The van der Waals surface area contributed by atoms with Gasteiger partial charge in [0.25, 0.3) is 0 Å². The SMILES string of the molecule is CCCC(NC(=O)CCSc1ccccc1F)C(=O)Nc1cccc(N2CCCC2)c1. The van der Waals surface area contributed by atoms with Crippen LogP contribution in [0.2, 0.25) is 0 Å². The molecule has 1 saturated heterocycles. The van der Waals surface area contributed by atoms with Crippen LogP contribution in [0.25, 0.3) is 0 Å². The van der Waals surface area contributed by atoms with Gasteiger partial charge in [-0.2, -0.15) is 0 Å². The highest BCUT2D eigenvalue weighted by Gasteiger charge is 2.20. The van der Waals surface area contributed by atoms with Crippen molar-refractivity contribution in [3.8, 4) is 0 Å². The van der Waals surface area contributed by atoms with E-state index in [1.807, 2.05) is 25.1 Å². The van der Waals surface area contributed by atoms with Gasteiger partial charge in [-0.3, -0.25) is 9.59 Å². The summed E-state index contributed by atoms with van der Waals surface area (Å²) in [6.07, 6.45) is 3.93. The van der Waals surface area contributed by atoms with Gasteiger partial charge in [-0.25, -0.2) is 4.39 Å². The van der Waals surface area contributed by atoms with Crippen LogP contribution in [-0.4, -0.2) is 36.7 Å². The van der Waals surface area contributed by atoms with E-state index >= 15 is 0 Å². The molecule has 5 nitrogen and oxygen atoms in total. The van der Waals surface area contributed by atoms with Crippen LogP contribution in [0.3, 0.4) is 0 Å². The van der Waals surface area contributed by atoms with Crippen LogP contribution in [0.5, 0.6) is 0 Å². The number of halogens is 1. The smallest absolute Gasteiger partial charge is 0.246 e. The number of nitrogens with zero attached hydrogens (tertiary/aromatic N) is 1. The number of carbonyl (C=O) groups excluding carboxylic acids is 2. The Balaban J connectivity index is 1.52. The molecule has 3 rings (SSSR count). The molecule has 31 heavy (non-hydrogen) atoms. The Kier molecular flexibility index (Phi) is 8.76. The summed E-state index contributed by atoms with van der Waals surface area (Å²) in [6, 6.07) is 13.8. The molecule has 0 spiro atoms. The molecule has 0 aliphatic carbocycles. The largest absolute Gasteiger partial charge is 0.371 e. The second-order valence-corrected chi connectivity index (χ2v) is 8.81. The van der Waals surface area contributed by atoms with Crippen molar-refractivity contribution in [1.29, 1.82) is 0 Å². The molecule has 1 aliphatic heterocycles. The van der Waals surface area contributed by atoms with E-state index in [1.54, 1.807) is 18.2 Å². The Hall–Kier alpha value is -2.54. The molecule has 0 saturated carbocycles. The van der Waals surface area contributed by atoms with E-state index < -0.39 is 6.04 Å². The molecule has 1 aliphatic rings. The first-order valence-electron chi connectivity index (χ1n) is 10.9. The fourth-order valence-corrected chi connectivity index (χ4v) is 4.51. The average Bonchev–Trinajstić information content (AvgIpc) is 3.30. The maximum Gasteiger partial charge on any atom is 0.246 e. The molecule has 0 bridgehead atoms. The van der Waals surface area contributed by atoms with E-state index in [0.29, 0.717) is 17.1 Å². The third-order valence-electron chi connectivity index (χ3n) is 5.24. The van der Waals surface area contributed by atoms with E-state index in [2.05, 4.69) is 21.6 Å². The molecular weight excluding hydrogens is 413 g/mol. The van der Waals surface area contributed by atoms with Gasteiger partial charge in [-0.1, -0.05) is 31.5 Å². The molecule has 2 amide bonds. The van der Waals surface area contributed by atoms with Crippen LogP contribution in [0.15, 0.2) is 53.4 Å². The lowest BCUT2D eigenvalue weighted by atomic mass is 10.1. The monoisotopic (exact) mass is 443 g/mol. The highest BCUT2D eigenvalue weighted by molar-refractivity contribution is 7.99. The van der Waals surface area contributed by atoms with Crippen molar-refractivity contribution in [2.45, 2.75) is 50.0 Å². The van der Waals surface area contributed by atoms with Gasteiger partial charge in [0.2, 0.25) is 11.8 Å². The number of hydrogen-bond acceptors (Lipinski definition) is 4. The molecule has 1 heterocycles. The Morgan fingerprint density at radius 1 is 1.13 bits per heavy atom. The minimum Gasteiger partial charge on any atom is -0.371 e. The summed E-state index contributed by atoms with van der Waals surface area (Å²) in [6.45, 7) is 4.06. The summed E-state index contributed by atoms with van der Waals surface area (Å²) in [4.78, 5) is 28.0. The standard InChI is InChI=1S/C24H30FN3O2S/c1-2-8-21(27-23(29)13-16-31-22-12-4-3-11-20(22)25)24(30)26-18-9-7-10-19(17-18)28-14-5-6-15-28/h3-4,7,9-12,17,21H,2,5-6,8,13-16H2,1H3,(H,26,30)(H,27,29). The molecule has 2 N–H and O–H groups in total. The van der Waals surface area contributed by atoms with Crippen LogP contribution >= 0.6 is 11.8 Å². The van der Waals surface area contributed by atoms with Crippen molar-refractivity contribution in [2.75, 3.05) is 29.1 Å². The van der Waals surface area contributed by atoms with Crippen molar-refractivity contribution >= 4 is 35.0 Å². The first-order valence-corrected chi connectivity index (χ1v) is 11.9. The fourth-order valence-electron chi connectivity index (χ4n) is 3.62. The fraction of sp³-hybridized carbons (Fsp3) is 0.417. The Morgan fingerprint density at radius 3 is 2.65 bits per heavy atom. The van der Waals surface area contributed by atoms with Crippen LogP contribution in [0, 0.1) is 5.82 Å². The second-order valence-electron chi connectivity index (χ2n) is 7.67. The molecule has 2 aromatic carbocycles. The minimum absolute atomic E-state index is 0.205. The highest BCUT2D eigenvalue weighted by atomic mass is 32.2. The van der Waals surface area contributed by atoms with Gasteiger partial charge in [-0.15, -0.1) is 11.8 Å². The topological polar surface area (TPSA) is 61.4 Å². The Labute approximate surface area is 187 Å². The lowest BCUT2D eigenvalue weighted by molar-refractivity contribution is -0.126. The summed E-state index contributed by atoms with van der Waals surface area (Å²) in [7, 11) is 0.